The smallest absolute Gasteiger partial charge is 0.265 e. The molecule has 2 heterocycles. The van der Waals surface area contributed by atoms with Crippen LogP contribution in [0.2, 0.25) is 0 Å². The summed E-state index contributed by atoms with van der Waals surface area (Å²) in [5.41, 5.74) is 6.00. The van der Waals surface area contributed by atoms with Crippen LogP contribution in [0.1, 0.15) is 50.1 Å². The molecule has 196 valence electrons. The number of carbonyl (C=O) groups excluding carboxylic acids is 1. The van der Waals surface area contributed by atoms with Gasteiger partial charge in [-0.25, -0.2) is 18.1 Å². The van der Waals surface area contributed by atoms with Crippen molar-refractivity contribution in [3.63, 3.8) is 0 Å². The minimum Gasteiger partial charge on any atom is -0.481 e. The molecule has 1 unspecified atom stereocenters. The largest absolute Gasteiger partial charge is 0.481 e. The molecule has 0 aliphatic heterocycles. The number of rotatable bonds is 6. The Morgan fingerprint density at radius 3 is 2.32 bits per heavy atom. The second-order valence-electron chi connectivity index (χ2n) is 10.3. The Morgan fingerprint density at radius 1 is 1.08 bits per heavy atom. The van der Waals surface area contributed by atoms with Crippen molar-refractivity contribution in [3.8, 4) is 17.1 Å². The third-order valence-corrected chi connectivity index (χ3v) is 7.21. The SMILES string of the molecule is Cc1cc(C)c(-c2nnc3cc(C(C)(C)C)[nH]n23)c(C)c1NC(=O)C(C)Oc1ccc(S(N)(=O)=O)cc1. The summed E-state index contributed by atoms with van der Waals surface area (Å²) in [6, 6.07) is 9.59. The number of nitrogens with one attached hydrogen (secondary N) is 2. The summed E-state index contributed by atoms with van der Waals surface area (Å²) in [6.45, 7) is 13.9. The van der Waals surface area contributed by atoms with Crippen molar-refractivity contribution >= 4 is 27.3 Å². The highest BCUT2D eigenvalue weighted by atomic mass is 32.2. The van der Waals surface area contributed by atoms with E-state index in [1.165, 1.54) is 24.3 Å². The Morgan fingerprint density at radius 2 is 1.73 bits per heavy atom. The van der Waals surface area contributed by atoms with Crippen LogP contribution < -0.4 is 15.2 Å². The average Bonchev–Trinajstić information content (AvgIpc) is 3.38. The summed E-state index contributed by atoms with van der Waals surface area (Å²) in [5, 5.41) is 20.3. The number of H-pyrrole nitrogens is 1. The minimum atomic E-state index is -3.81. The molecule has 4 rings (SSSR count). The first-order valence-corrected chi connectivity index (χ1v) is 13.4. The quantitative estimate of drug-likeness (QED) is 0.348. The summed E-state index contributed by atoms with van der Waals surface area (Å²) < 4.78 is 30.5. The summed E-state index contributed by atoms with van der Waals surface area (Å²) in [5.74, 6) is 0.661. The van der Waals surface area contributed by atoms with Gasteiger partial charge in [-0.3, -0.25) is 9.89 Å². The molecule has 37 heavy (non-hydrogen) atoms. The van der Waals surface area contributed by atoms with Crippen molar-refractivity contribution in [1.29, 1.82) is 0 Å². The Hall–Kier alpha value is -3.70. The normalized spacial score (nSPS) is 13.1. The molecule has 1 atom stereocenters. The first-order chi connectivity index (χ1) is 17.2. The first kappa shape index (κ1) is 26.4. The van der Waals surface area contributed by atoms with Crippen LogP contribution in [0.5, 0.6) is 5.75 Å². The summed E-state index contributed by atoms with van der Waals surface area (Å²) in [7, 11) is -3.81. The number of aryl methyl sites for hydroxylation is 2. The summed E-state index contributed by atoms with van der Waals surface area (Å²) >= 11 is 0. The van der Waals surface area contributed by atoms with Gasteiger partial charge in [0.1, 0.15) is 5.75 Å². The third-order valence-electron chi connectivity index (χ3n) is 6.28. The molecule has 0 fully saturated rings. The van der Waals surface area contributed by atoms with Crippen molar-refractivity contribution < 1.29 is 17.9 Å². The van der Waals surface area contributed by atoms with Crippen molar-refractivity contribution in [3.05, 3.63) is 58.8 Å². The Labute approximate surface area is 216 Å². The Kier molecular flexibility index (Phi) is 6.63. The van der Waals surface area contributed by atoms with Crippen LogP contribution in [0.4, 0.5) is 5.69 Å². The lowest BCUT2D eigenvalue weighted by molar-refractivity contribution is -0.122. The van der Waals surface area contributed by atoms with Crippen LogP contribution in [0.15, 0.2) is 41.3 Å². The number of benzene rings is 2. The highest BCUT2D eigenvalue weighted by Crippen LogP contribution is 2.34. The number of hydrogen-bond donors (Lipinski definition) is 3. The van der Waals surface area contributed by atoms with E-state index >= 15 is 0 Å². The molecule has 10 nitrogen and oxygen atoms in total. The van der Waals surface area contributed by atoms with E-state index in [4.69, 9.17) is 9.88 Å². The van der Waals surface area contributed by atoms with E-state index in [9.17, 15) is 13.2 Å². The number of ether oxygens (including phenoxy) is 1. The maximum absolute atomic E-state index is 13.1. The first-order valence-electron chi connectivity index (χ1n) is 11.8. The number of anilines is 1. The van der Waals surface area contributed by atoms with Gasteiger partial charge in [-0.05, 0) is 68.7 Å². The Balaban J connectivity index is 1.62. The van der Waals surface area contributed by atoms with Gasteiger partial charge in [0.2, 0.25) is 10.0 Å². The molecule has 4 aromatic rings. The number of fused-ring (bicyclic) bond motifs is 1. The number of amides is 1. The summed E-state index contributed by atoms with van der Waals surface area (Å²) in [4.78, 5) is 13.0. The molecule has 0 saturated carbocycles. The van der Waals surface area contributed by atoms with Crippen LogP contribution in [0.3, 0.4) is 0 Å². The molecule has 2 aromatic carbocycles. The fourth-order valence-electron chi connectivity index (χ4n) is 4.24. The van der Waals surface area contributed by atoms with Crippen LogP contribution in [0.25, 0.3) is 17.0 Å². The second kappa shape index (κ2) is 9.31. The third kappa shape index (κ3) is 5.23. The number of carbonyl (C=O) groups is 1. The fourth-order valence-corrected chi connectivity index (χ4v) is 4.76. The predicted molar refractivity (Wildman–Crippen MR) is 142 cm³/mol. The van der Waals surface area contributed by atoms with Crippen molar-refractivity contribution in [2.24, 2.45) is 5.14 Å². The van der Waals surface area contributed by atoms with E-state index < -0.39 is 16.1 Å². The van der Waals surface area contributed by atoms with Gasteiger partial charge in [-0.1, -0.05) is 26.8 Å². The topological polar surface area (TPSA) is 144 Å². The van der Waals surface area contributed by atoms with E-state index in [0.717, 1.165) is 33.6 Å². The van der Waals surface area contributed by atoms with Gasteiger partial charge >= 0.3 is 0 Å². The molecule has 0 aliphatic rings. The van der Waals surface area contributed by atoms with E-state index in [1.54, 1.807) is 6.92 Å². The van der Waals surface area contributed by atoms with Crippen LogP contribution in [0, 0.1) is 20.8 Å². The monoisotopic (exact) mass is 524 g/mol. The fraction of sp³-hybridized carbons (Fsp3) is 0.346. The number of primary sulfonamides is 1. The van der Waals surface area contributed by atoms with E-state index in [1.807, 2.05) is 37.4 Å². The number of nitrogens with two attached hydrogens (primary N) is 1. The van der Waals surface area contributed by atoms with E-state index in [2.05, 4.69) is 41.4 Å². The zero-order valence-corrected chi connectivity index (χ0v) is 22.8. The molecule has 2 aromatic heterocycles. The predicted octanol–water partition coefficient (Wildman–Crippen LogP) is 4.00. The molecule has 0 saturated heterocycles. The van der Waals surface area contributed by atoms with Crippen LogP contribution in [-0.4, -0.2) is 40.2 Å². The molecule has 11 heteroatoms. The van der Waals surface area contributed by atoms with Gasteiger partial charge in [0, 0.05) is 28.4 Å². The number of aromatic nitrogens is 4. The summed E-state index contributed by atoms with van der Waals surface area (Å²) in [6.07, 6.45) is -0.846. The number of hydrogen-bond acceptors (Lipinski definition) is 6. The standard InChI is InChI=1S/C26H32N6O4S/c1-14-12-15(2)23(28-25(33)17(4)36-18-8-10-19(11-9-18)37(27,34)35)16(3)22(14)24-30-29-21-13-20(26(5,6)7)31-32(21)24/h8-13,17,31H,1-7H3,(H,28,33)(H2,27,34,35). The van der Waals surface area contributed by atoms with Gasteiger partial charge in [-0.2, -0.15) is 0 Å². The maximum Gasteiger partial charge on any atom is 0.265 e. The number of nitrogens with zero attached hydrogens (tertiary/aromatic N) is 3. The van der Waals surface area contributed by atoms with E-state index in [-0.39, 0.29) is 16.2 Å². The molecule has 0 aliphatic carbocycles. The lowest BCUT2D eigenvalue weighted by Crippen LogP contribution is -2.30. The second-order valence-corrected chi connectivity index (χ2v) is 11.8. The molecule has 0 bridgehead atoms. The van der Waals surface area contributed by atoms with Gasteiger partial charge in [-0.15, -0.1) is 10.2 Å². The van der Waals surface area contributed by atoms with Crippen LogP contribution in [-0.2, 0) is 20.2 Å². The minimum absolute atomic E-state index is 0.0327. The van der Waals surface area contributed by atoms with Gasteiger partial charge < -0.3 is 10.1 Å². The highest BCUT2D eigenvalue weighted by Gasteiger charge is 2.24. The molecule has 4 N–H and O–H groups in total. The van der Waals surface area contributed by atoms with Crippen molar-refractivity contribution in [1.82, 2.24) is 19.8 Å². The maximum atomic E-state index is 13.1. The number of aromatic amines is 1. The van der Waals surface area contributed by atoms with E-state index in [0.29, 0.717) is 17.3 Å². The van der Waals surface area contributed by atoms with Gasteiger partial charge in [0.15, 0.2) is 17.6 Å². The average molecular weight is 525 g/mol. The molecule has 0 radical (unpaired) electrons. The lowest BCUT2D eigenvalue weighted by Gasteiger charge is -2.20. The van der Waals surface area contributed by atoms with Gasteiger partial charge in [0.05, 0.1) is 4.90 Å². The molecular formula is C26H32N6O4S. The van der Waals surface area contributed by atoms with Crippen molar-refractivity contribution in [2.45, 2.75) is 64.9 Å². The zero-order valence-electron chi connectivity index (χ0n) is 22.0. The Bertz CT molecular complexity index is 1590. The highest BCUT2D eigenvalue weighted by molar-refractivity contribution is 7.89. The van der Waals surface area contributed by atoms with Crippen LogP contribution >= 0.6 is 0 Å². The lowest BCUT2D eigenvalue weighted by atomic mass is 9.93. The number of sulfonamides is 1. The zero-order chi connectivity index (χ0) is 27.3. The molecule has 1 amide bonds. The molecular weight excluding hydrogens is 492 g/mol. The molecule has 0 spiro atoms. The van der Waals surface area contributed by atoms with Crippen molar-refractivity contribution in [2.75, 3.05) is 5.32 Å². The van der Waals surface area contributed by atoms with Gasteiger partial charge in [0.25, 0.3) is 5.91 Å².